The van der Waals surface area contributed by atoms with Crippen molar-refractivity contribution in [2.75, 3.05) is 17.6 Å². The lowest BCUT2D eigenvalue weighted by molar-refractivity contribution is -0.124. The van der Waals surface area contributed by atoms with Crippen LogP contribution in [0.1, 0.15) is 12.0 Å². The highest BCUT2D eigenvalue weighted by Crippen LogP contribution is 2.28. The summed E-state index contributed by atoms with van der Waals surface area (Å²) >= 11 is 7.14. The minimum atomic E-state index is -1.04. The van der Waals surface area contributed by atoms with Crippen LogP contribution < -0.4 is 21.7 Å². The van der Waals surface area contributed by atoms with Crippen LogP contribution in [-0.2, 0) is 11.2 Å². The lowest BCUT2D eigenvalue weighted by Crippen LogP contribution is -2.56. The van der Waals surface area contributed by atoms with E-state index in [1.54, 1.807) is 12.1 Å². The Bertz CT molecular complexity index is 1070. The van der Waals surface area contributed by atoms with Crippen LogP contribution in [0.5, 0.6) is 0 Å². The number of hydrogen-bond acceptors (Lipinski definition) is 6. The van der Waals surface area contributed by atoms with Gasteiger partial charge in [0.25, 0.3) is 0 Å². The SMILES string of the molecule is Nc1ncnc2cc(C[C@]3(NC(=O)Nc4ccc(Cl)s4)CCNC3=O)ccc12. The normalized spacial score (nSPS) is 18.8. The summed E-state index contributed by atoms with van der Waals surface area (Å²) in [6.45, 7) is 0.493. The van der Waals surface area contributed by atoms with Gasteiger partial charge in [0.05, 0.1) is 14.9 Å². The van der Waals surface area contributed by atoms with Crippen molar-refractivity contribution in [1.29, 1.82) is 0 Å². The monoisotopic (exact) mass is 416 g/mol. The van der Waals surface area contributed by atoms with E-state index in [4.69, 9.17) is 17.3 Å². The van der Waals surface area contributed by atoms with Gasteiger partial charge in [0, 0.05) is 18.4 Å². The number of benzene rings is 1. The average molecular weight is 417 g/mol. The minimum absolute atomic E-state index is 0.214. The summed E-state index contributed by atoms with van der Waals surface area (Å²) in [6, 6.07) is 8.51. The van der Waals surface area contributed by atoms with E-state index in [0.29, 0.717) is 40.1 Å². The molecule has 5 N–H and O–H groups in total. The third-order valence-electron chi connectivity index (χ3n) is 4.67. The van der Waals surface area contributed by atoms with Gasteiger partial charge in [-0.3, -0.25) is 10.1 Å². The first-order valence-corrected chi connectivity index (χ1v) is 9.77. The maximum Gasteiger partial charge on any atom is 0.320 e. The molecule has 0 spiro atoms. The fraction of sp³-hybridized carbons (Fsp3) is 0.222. The Morgan fingerprint density at radius 1 is 1.32 bits per heavy atom. The second kappa shape index (κ2) is 7.25. The first-order valence-electron chi connectivity index (χ1n) is 8.57. The molecular weight excluding hydrogens is 400 g/mol. The van der Waals surface area contributed by atoms with E-state index in [-0.39, 0.29) is 5.91 Å². The van der Waals surface area contributed by atoms with Gasteiger partial charge in [-0.05, 0) is 36.2 Å². The molecule has 0 saturated carbocycles. The van der Waals surface area contributed by atoms with E-state index in [0.717, 1.165) is 10.9 Å². The summed E-state index contributed by atoms with van der Waals surface area (Å²) in [5.41, 5.74) is 6.38. The van der Waals surface area contributed by atoms with Crippen LogP contribution in [0.3, 0.4) is 0 Å². The molecule has 28 heavy (non-hydrogen) atoms. The highest BCUT2D eigenvalue weighted by atomic mass is 35.5. The predicted molar refractivity (Wildman–Crippen MR) is 109 cm³/mol. The number of urea groups is 1. The summed E-state index contributed by atoms with van der Waals surface area (Å²) < 4.78 is 0.570. The van der Waals surface area contributed by atoms with Gasteiger partial charge in [-0.1, -0.05) is 17.7 Å². The van der Waals surface area contributed by atoms with Crippen molar-refractivity contribution in [3.05, 3.63) is 46.6 Å². The molecule has 2 aromatic heterocycles. The lowest BCUT2D eigenvalue weighted by atomic mass is 9.89. The van der Waals surface area contributed by atoms with E-state index >= 15 is 0 Å². The zero-order valence-electron chi connectivity index (χ0n) is 14.7. The fourth-order valence-electron chi connectivity index (χ4n) is 3.33. The molecule has 1 fully saturated rings. The number of carbonyl (C=O) groups is 2. The number of nitrogens with one attached hydrogen (secondary N) is 3. The molecule has 1 atom stereocenters. The maximum absolute atomic E-state index is 12.6. The van der Waals surface area contributed by atoms with E-state index in [2.05, 4.69) is 25.9 Å². The average Bonchev–Trinajstić information content (AvgIpc) is 3.21. The number of hydrogen-bond donors (Lipinski definition) is 4. The van der Waals surface area contributed by atoms with Gasteiger partial charge in [-0.2, -0.15) is 0 Å². The number of fused-ring (bicyclic) bond motifs is 1. The van der Waals surface area contributed by atoms with Crippen molar-refractivity contribution in [1.82, 2.24) is 20.6 Å². The zero-order valence-corrected chi connectivity index (χ0v) is 16.2. The number of halogens is 1. The summed E-state index contributed by atoms with van der Waals surface area (Å²) in [5.74, 6) is 0.186. The van der Waals surface area contributed by atoms with E-state index in [1.807, 2.05) is 18.2 Å². The molecule has 1 aliphatic rings. The smallest absolute Gasteiger partial charge is 0.320 e. The van der Waals surface area contributed by atoms with Crippen molar-refractivity contribution in [2.24, 2.45) is 0 Å². The molecule has 3 aromatic rings. The summed E-state index contributed by atoms with van der Waals surface area (Å²) in [7, 11) is 0. The number of thiophene rings is 1. The van der Waals surface area contributed by atoms with Gasteiger partial charge in [0.2, 0.25) is 5.91 Å². The van der Waals surface area contributed by atoms with Crippen molar-refractivity contribution >= 4 is 56.6 Å². The number of nitrogens with zero attached hydrogens (tertiary/aromatic N) is 2. The number of nitrogen functional groups attached to an aromatic ring is 1. The molecule has 0 unspecified atom stereocenters. The van der Waals surface area contributed by atoms with E-state index in [9.17, 15) is 9.59 Å². The van der Waals surface area contributed by atoms with Crippen LogP contribution in [0.25, 0.3) is 10.9 Å². The van der Waals surface area contributed by atoms with Gasteiger partial charge < -0.3 is 16.4 Å². The third-order valence-corrected chi connectivity index (χ3v) is 5.82. The van der Waals surface area contributed by atoms with Crippen LogP contribution >= 0.6 is 22.9 Å². The maximum atomic E-state index is 12.6. The summed E-state index contributed by atoms with van der Waals surface area (Å²) in [6.07, 6.45) is 2.21. The predicted octanol–water partition coefficient (Wildman–Crippen LogP) is 2.55. The standard InChI is InChI=1S/C18H17ClN6O2S/c19-13-3-4-14(28-13)24-17(27)25-18(5-6-21-16(18)26)8-10-1-2-11-12(7-10)22-9-23-15(11)20/h1-4,7,9H,5-6,8H2,(H,21,26)(H2,20,22,23)(H2,24,25,27)/t18-/m1/s1. The van der Waals surface area contributed by atoms with E-state index in [1.165, 1.54) is 17.7 Å². The molecular formula is C18H17ClN6O2S. The fourth-order valence-corrected chi connectivity index (χ4v) is 4.27. The molecule has 1 aliphatic heterocycles. The molecule has 4 rings (SSSR count). The topological polar surface area (TPSA) is 122 Å². The highest BCUT2D eigenvalue weighted by molar-refractivity contribution is 7.20. The number of carbonyl (C=O) groups excluding carboxylic acids is 2. The molecule has 0 bridgehead atoms. The number of rotatable bonds is 4. The van der Waals surface area contributed by atoms with Crippen molar-refractivity contribution in [3.8, 4) is 0 Å². The zero-order chi connectivity index (χ0) is 19.7. The Morgan fingerprint density at radius 3 is 2.89 bits per heavy atom. The molecule has 0 radical (unpaired) electrons. The van der Waals surface area contributed by atoms with E-state index < -0.39 is 11.6 Å². The van der Waals surface area contributed by atoms with Crippen molar-refractivity contribution < 1.29 is 9.59 Å². The third kappa shape index (κ3) is 3.58. The molecule has 1 aromatic carbocycles. The number of nitrogens with two attached hydrogens (primary N) is 1. The van der Waals surface area contributed by atoms with Crippen LogP contribution in [0.15, 0.2) is 36.7 Å². The van der Waals surface area contributed by atoms with Gasteiger partial charge >= 0.3 is 6.03 Å². The largest absolute Gasteiger partial charge is 0.383 e. The van der Waals surface area contributed by atoms with Crippen LogP contribution in [0, 0.1) is 0 Å². The van der Waals surface area contributed by atoms with Gasteiger partial charge in [0.15, 0.2) is 0 Å². The number of aromatic nitrogens is 2. The Kier molecular flexibility index (Phi) is 4.78. The second-order valence-electron chi connectivity index (χ2n) is 6.56. The second-order valence-corrected chi connectivity index (χ2v) is 8.27. The van der Waals surface area contributed by atoms with Gasteiger partial charge in [-0.25, -0.2) is 14.8 Å². The number of anilines is 2. The summed E-state index contributed by atoms with van der Waals surface area (Å²) in [5, 5.41) is 9.73. The number of amides is 3. The van der Waals surface area contributed by atoms with Crippen LogP contribution in [0.4, 0.5) is 15.6 Å². The van der Waals surface area contributed by atoms with Crippen LogP contribution in [-0.4, -0.2) is 34.0 Å². The molecule has 10 heteroatoms. The van der Waals surface area contributed by atoms with Gasteiger partial charge in [-0.15, -0.1) is 11.3 Å². The minimum Gasteiger partial charge on any atom is -0.383 e. The molecule has 3 amide bonds. The Balaban J connectivity index is 1.57. The van der Waals surface area contributed by atoms with Crippen molar-refractivity contribution in [3.63, 3.8) is 0 Å². The molecule has 0 aliphatic carbocycles. The quantitative estimate of drug-likeness (QED) is 0.520. The Hall–Kier alpha value is -2.91. The Labute approximate surface area is 169 Å². The lowest BCUT2D eigenvalue weighted by Gasteiger charge is -2.27. The van der Waals surface area contributed by atoms with Gasteiger partial charge in [0.1, 0.15) is 17.7 Å². The first-order chi connectivity index (χ1) is 13.4. The molecule has 3 heterocycles. The molecule has 1 saturated heterocycles. The summed E-state index contributed by atoms with van der Waals surface area (Å²) in [4.78, 5) is 33.3. The first kappa shape index (κ1) is 18.5. The Morgan fingerprint density at radius 2 is 2.18 bits per heavy atom. The van der Waals surface area contributed by atoms with Crippen molar-refractivity contribution in [2.45, 2.75) is 18.4 Å². The molecule has 8 nitrogen and oxygen atoms in total. The molecule has 144 valence electrons. The highest BCUT2D eigenvalue weighted by Gasteiger charge is 2.43. The van der Waals surface area contributed by atoms with Crippen LogP contribution in [0.2, 0.25) is 4.34 Å².